The second-order valence-electron chi connectivity index (χ2n) is 5.39. The molecule has 0 saturated carbocycles. The van der Waals surface area contributed by atoms with Crippen molar-refractivity contribution >= 4 is 27.6 Å². The number of rotatable bonds is 5. The third kappa shape index (κ3) is 3.80. The predicted octanol–water partition coefficient (Wildman–Crippen LogP) is 4.68. The molecule has 0 aliphatic rings. The van der Waals surface area contributed by atoms with E-state index in [1.807, 2.05) is 30.3 Å². The minimum atomic E-state index is -0.677. The summed E-state index contributed by atoms with van der Waals surface area (Å²) in [6.07, 6.45) is 0. The van der Waals surface area contributed by atoms with Crippen LogP contribution in [0.2, 0.25) is 0 Å². The Morgan fingerprint density at radius 2 is 2.00 bits per heavy atom. The van der Waals surface area contributed by atoms with Gasteiger partial charge in [-0.1, -0.05) is 18.2 Å². The van der Waals surface area contributed by atoms with Crippen molar-refractivity contribution in [2.75, 3.05) is 0 Å². The number of esters is 1. The summed E-state index contributed by atoms with van der Waals surface area (Å²) in [5, 5.41) is 11.0. The first-order chi connectivity index (χ1) is 12.5. The van der Waals surface area contributed by atoms with Gasteiger partial charge < -0.3 is 9.15 Å². The maximum absolute atomic E-state index is 12.2. The number of nitro groups is 1. The molecular weight excluding hydrogens is 404 g/mol. The van der Waals surface area contributed by atoms with Gasteiger partial charge in [-0.15, -0.1) is 0 Å². The Morgan fingerprint density at radius 3 is 2.69 bits per heavy atom. The molecule has 0 radical (unpaired) electrons. The summed E-state index contributed by atoms with van der Waals surface area (Å²) < 4.78 is 11.1. The van der Waals surface area contributed by atoms with Crippen LogP contribution in [0.5, 0.6) is 0 Å². The second kappa shape index (κ2) is 7.49. The van der Waals surface area contributed by atoms with Crippen molar-refractivity contribution in [3.05, 3.63) is 80.1 Å². The van der Waals surface area contributed by atoms with Gasteiger partial charge in [0.25, 0.3) is 5.69 Å². The van der Waals surface area contributed by atoms with E-state index in [1.165, 1.54) is 12.1 Å². The minimum absolute atomic E-state index is 0.0873. The first-order valence-corrected chi connectivity index (χ1v) is 8.38. The van der Waals surface area contributed by atoms with Crippen LogP contribution in [0, 0.1) is 17.0 Å². The predicted molar refractivity (Wildman–Crippen MR) is 96.6 cm³/mol. The van der Waals surface area contributed by atoms with Crippen LogP contribution in [0.15, 0.2) is 57.4 Å². The van der Waals surface area contributed by atoms with Crippen LogP contribution in [0.3, 0.4) is 0 Å². The molecule has 3 aromatic rings. The molecule has 0 unspecified atom stereocenters. The van der Waals surface area contributed by atoms with E-state index in [0.717, 1.165) is 11.6 Å². The van der Waals surface area contributed by atoms with Crippen molar-refractivity contribution in [2.45, 2.75) is 13.5 Å². The fourth-order valence-electron chi connectivity index (χ4n) is 2.26. The zero-order valence-corrected chi connectivity index (χ0v) is 15.2. The van der Waals surface area contributed by atoms with E-state index in [9.17, 15) is 14.9 Å². The highest BCUT2D eigenvalue weighted by molar-refractivity contribution is 9.10. The van der Waals surface area contributed by atoms with Crippen LogP contribution >= 0.6 is 15.9 Å². The molecule has 0 saturated heterocycles. The molecule has 26 heavy (non-hydrogen) atoms. The van der Waals surface area contributed by atoms with Crippen molar-refractivity contribution in [3.8, 4) is 11.5 Å². The molecule has 0 aliphatic heterocycles. The van der Waals surface area contributed by atoms with Crippen molar-refractivity contribution in [3.63, 3.8) is 0 Å². The number of nitro benzene ring substituents is 1. The van der Waals surface area contributed by atoms with Gasteiger partial charge in [0.1, 0.15) is 18.1 Å². The minimum Gasteiger partial charge on any atom is -0.455 e. The molecule has 0 N–H and O–H groups in total. The summed E-state index contributed by atoms with van der Waals surface area (Å²) in [7, 11) is 0. The highest BCUT2D eigenvalue weighted by atomic mass is 79.9. The van der Waals surface area contributed by atoms with E-state index in [0.29, 0.717) is 21.8 Å². The number of aromatic nitrogens is 1. The third-order valence-electron chi connectivity index (χ3n) is 3.63. The van der Waals surface area contributed by atoms with Gasteiger partial charge in [0.05, 0.1) is 15.0 Å². The lowest BCUT2D eigenvalue weighted by molar-refractivity contribution is -0.385. The topological polar surface area (TPSA) is 95.5 Å². The highest BCUT2D eigenvalue weighted by Gasteiger charge is 2.18. The molecular formula is C18H13BrN2O5. The van der Waals surface area contributed by atoms with Gasteiger partial charge in [-0.05, 0) is 47.1 Å². The Bertz CT molecular complexity index is 969. The molecule has 0 fully saturated rings. The van der Waals surface area contributed by atoms with Crippen molar-refractivity contribution in [1.82, 2.24) is 4.98 Å². The summed E-state index contributed by atoms with van der Waals surface area (Å²) in [4.78, 5) is 26.9. The SMILES string of the molecule is Cc1oc(-c2ccccc2)nc1COC(=O)c1ccc(Br)c([N+](=O)[O-])c1. The van der Waals surface area contributed by atoms with Crippen LogP contribution in [-0.4, -0.2) is 15.9 Å². The van der Waals surface area contributed by atoms with Crippen LogP contribution in [0.1, 0.15) is 21.8 Å². The van der Waals surface area contributed by atoms with E-state index < -0.39 is 10.9 Å². The third-order valence-corrected chi connectivity index (χ3v) is 4.30. The monoisotopic (exact) mass is 416 g/mol. The summed E-state index contributed by atoms with van der Waals surface area (Å²) in [6, 6.07) is 13.4. The smallest absolute Gasteiger partial charge is 0.338 e. The number of carbonyl (C=O) groups is 1. The van der Waals surface area contributed by atoms with Crippen molar-refractivity contribution in [1.29, 1.82) is 0 Å². The summed E-state index contributed by atoms with van der Waals surface area (Å²) in [5.74, 6) is 0.302. The number of nitrogens with zero attached hydrogens (tertiary/aromatic N) is 2. The number of halogens is 1. The summed E-state index contributed by atoms with van der Waals surface area (Å²) >= 11 is 3.07. The number of carbonyl (C=O) groups excluding carboxylic acids is 1. The molecule has 1 heterocycles. The van der Waals surface area contributed by atoms with E-state index in [4.69, 9.17) is 9.15 Å². The van der Waals surface area contributed by atoms with Crippen LogP contribution in [0.25, 0.3) is 11.5 Å². The standard InChI is InChI=1S/C18H13BrN2O5/c1-11-15(20-17(26-11)12-5-3-2-4-6-12)10-25-18(22)13-7-8-14(19)16(9-13)21(23)24/h2-9H,10H2,1H3. The first kappa shape index (κ1) is 17.8. The molecule has 2 aromatic carbocycles. The average molecular weight is 417 g/mol. The van der Waals surface area contributed by atoms with Gasteiger partial charge in [-0.3, -0.25) is 10.1 Å². The highest BCUT2D eigenvalue weighted by Crippen LogP contribution is 2.26. The molecule has 7 nitrogen and oxygen atoms in total. The van der Waals surface area contributed by atoms with Gasteiger partial charge in [0, 0.05) is 11.6 Å². The van der Waals surface area contributed by atoms with E-state index >= 15 is 0 Å². The maximum atomic E-state index is 12.2. The lowest BCUT2D eigenvalue weighted by Gasteiger charge is -2.04. The van der Waals surface area contributed by atoms with Gasteiger partial charge in [-0.2, -0.15) is 0 Å². The van der Waals surface area contributed by atoms with E-state index in [2.05, 4.69) is 20.9 Å². The van der Waals surface area contributed by atoms with Gasteiger partial charge >= 0.3 is 5.97 Å². The van der Waals surface area contributed by atoms with Crippen molar-refractivity contribution < 1.29 is 18.9 Å². The van der Waals surface area contributed by atoms with Crippen LogP contribution in [-0.2, 0) is 11.3 Å². The Labute approximate surface area is 156 Å². The number of hydrogen-bond acceptors (Lipinski definition) is 6. The molecule has 0 aliphatic carbocycles. The van der Waals surface area contributed by atoms with Crippen LogP contribution in [0.4, 0.5) is 5.69 Å². The molecule has 0 spiro atoms. The van der Waals surface area contributed by atoms with Crippen molar-refractivity contribution in [2.24, 2.45) is 0 Å². The number of hydrogen-bond donors (Lipinski definition) is 0. The first-order valence-electron chi connectivity index (χ1n) is 7.58. The number of oxazole rings is 1. The number of ether oxygens (including phenoxy) is 1. The summed E-state index contributed by atoms with van der Waals surface area (Å²) in [6.45, 7) is 1.64. The number of benzene rings is 2. The van der Waals surface area contributed by atoms with E-state index in [-0.39, 0.29) is 17.9 Å². The quantitative estimate of drug-likeness (QED) is 0.340. The largest absolute Gasteiger partial charge is 0.455 e. The zero-order chi connectivity index (χ0) is 18.7. The average Bonchev–Trinajstić information content (AvgIpc) is 3.01. The Hall–Kier alpha value is -3.00. The molecule has 8 heteroatoms. The number of aryl methyl sites for hydroxylation is 1. The fraction of sp³-hybridized carbons (Fsp3) is 0.111. The maximum Gasteiger partial charge on any atom is 0.338 e. The van der Waals surface area contributed by atoms with Gasteiger partial charge in [0.2, 0.25) is 5.89 Å². The zero-order valence-electron chi connectivity index (χ0n) is 13.6. The lowest BCUT2D eigenvalue weighted by Crippen LogP contribution is -2.06. The Balaban J connectivity index is 1.73. The molecule has 1 aromatic heterocycles. The molecule has 0 bridgehead atoms. The Morgan fingerprint density at radius 1 is 1.27 bits per heavy atom. The Kier molecular flexibility index (Phi) is 5.13. The van der Waals surface area contributed by atoms with Gasteiger partial charge in [0.15, 0.2) is 0 Å². The summed E-state index contributed by atoms with van der Waals surface area (Å²) in [5.41, 5.74) is 1.19. The molecule has 132 valence electrons. The normalized spacial score (nSPS) is 10.5. The van der Waals surface area contributed by atoms with E-state index in [1.54, 1.807) is 6.92 Å². The second-order valence-corrected chi connectivity index (χ2v) is 6.24. The molecule has 0 amide bonds. The van der Waals surface area contributed by atoms with Gasteiger partial charge in [-0.25, -0.2) is 9.78 Å². The molecule has 0 atom stereocenters. The molecule has 3 rings (SSSR count). The lowest BCUT2D eigenvalue weighted by atomic mass is 10.2. The fourth-order valence-corrected chi connectivity index (χ4v) is 2.65. The van der Waals surface area contributed by atoms with Crippen LogP contribution < -0.4 is 0 Å².